The molecule has 38 heavy (non-hydrogen) atoms. The standard InChI is InChI=1S/C27H35ClN4O3S2.ClH/c1-19(2)29-27-32(20(3)4)24(18-36-27)17-30-10-12-31(13-11-30)26(33)9-14-37(34,35)25-8-6-21-15-23(28)7-5-22(21)16-25;/h5-8,15-16,18-20H,9-14,17H2,1-4H3;1H/b29-27-;. The number of aromatic nitrogens is 1. The fourth-order valence-corrected chi connectivity index (χ4v) is 7.19. The van der Waals surface area contributed by atoms with Gasteiger partial charge in [0, 0.05) is 67.3 Å². The highest BCUT2D eigenvalue weighted by Gasteiger charge is 2.24. The molecule has 0 saturated carbocycles. The highest BCUT2D eigenvalue weighted by molar-refractivity contribution is 7.91. The Balaban J connectivity index is 0.00000400. The molecule has 1 aliphatic heterocycles. The lowest BCUT2D eigenvalue weighted by molar-refractivity contribution is -0.132. The zero-order valence-corrected chi connectivity index (χ0v) is 25.5. The van der Waals surface area contributed by atoms with Crippen LogP contribution in [-0.4, -0.2) is 66.7 Å². The molecule has 11 heteroatoms. The van der Waals surface area contributed by atoms with Crippen molar-refractivity contribution in [3.05, 3.63) is 57.3 Å². The van der Waals surface area contributed by atoms with Crippen LogP contribution in [0.5, 0.6) is 0 Å². The largest absolute Gasteiger partial charge is 0.340 e. The predicted molar refractivity (Wildman–Crippen MR) is 158 cm³/mol. The van der Waals surface area contributed by atoms with Gasteiger partial charge in [0.05, 0.1) is 10.6 Å². The lowest BCUT2D eigenvalue weighted by Gasteiger charge is -2.35. The van der Waals surface area contributed by atoms with E-state index in [0.29, 0.717) is 24.2 Å². The first-order valence-corrected chi connectivity index (χ1v) is 15.6. The van der Waals surface area contributed by atoms with Crippen molar-refractivity contribution in [2.75, 3.05) is 31.9 Å². The molecule has 1 aliphatic rings. The molecular formula is C27H36Cl2N4O3S2. The van der Waals surface area contributed by atoms with Gasteiger partial charge in [-0.1, -0.05) is 23.7 Å². The second-order valence-electron chi connectivity index (χ2n) is 10.1. The number of hydrogen-bond donors (Lipinski definition) is 0. The zero-order valence-electron chi connectivity index (χ0n) is 22.3. The minimum Gasteiger partial charge on any atom is -0.340 e. The number of fused-ring (bicyclic) bond motifs is 1. The second-order valence-corrected chi connectivity index (χ2v) is 13.5. The van der Waals surface area contributed by atoms with E-state index in [9.17, 15) is 13.2 Å². The quantitative estimate of drug-likeness (QED) is 0.358. The number of amides is 1. The predicted octanol–water partition coefficient (Wildman–Crippen LogP) is 5.18. The number of thiazole rings is 1. The number of rotatable bonds is 8. The molecule has 0 bridgehead atoms. The molecule has 0 atom stereocenters. The van der Waals surface area contributed by atoms with Crippen molar-refractivity contribution in [2.24, 2.45) is 4.99 Å². The molecule has 4 rings (SSSR count). The third-order valence-corrected chi connectivity index (χ3v) is 9.38. The lowest BCUT2D eigenvalue weighted by atomic mass is 10.1. The lowest BCUT2D eigenvalue weighted by Crippen LogP contribution is -2.48. The third kappa shape index (κ3) is 7.39. The zero-order chi connectivity index (χ0) is 26.7. The first kappa shape index (κ1) is 30.6. The Kier molecular flexibility index (Phi) is 10.4. The van der Waals surface area contributed by atoms with Crippen molar-refractivity contribution in [2.45, 2.75) is 57.6 Å². The molecule has 1 fully saturated rings. The van der Waals surface area contributed by atoms with E-state index in [0.717, 1.165) is 35.2 Å². The fraction of sp³-hybridized carbons (Fsp3) is 0.481. The maximum Gasteiger partial charge on any atom is 0.223 e. The minimum atomic E-state index is -3.57. The molecule has 7 nitrogen and oxygen atoms in total. The van der Waals surface area contributed by atoms with Crippen molar-refractivity contribution >= 4 is 61.9 Å². The van der Waals surface area contributed by atoms with Gasteiger partial charge in [-0.25, -0.2) is 8.42 Å². The van der Waals surface area contributed by atoms with Crippen molar-refractivity contribution in [3.8, 4) is 0 Å². The second kappa shape index (κ2) is 13.0. The number of piperazine rings is 1. The number of sulfone groups is 1. The number of carbonyl (C=O) groups excluding carboxylic acids is 1. The Morgan fingerprint density at radius 3 is 2.34 bits per heavy atom. The van der Waals surface area contributed by atoms with E-state index in [1.165, 1.54) is 5.69 Å². The number of hydrogen-bond acceptors (Lipinski definition) is 6. The van der Waals surface area contributed by atoms with Crippen LogP contribution >= 0.6 is 35.3 Å². The molecule has 1 amide bonds. The molecule has 2 heterocycles. The van der Waals surface area contributed by atoms with Crippen molar-refractivity contribution in [3.63, 3.8) is 0 Å². The topological polar surface area (TPSA) is 75.0 Å². The molecule has 0 unspecified atom stereocenters. The normalized spacial score (nSPS) is 15.4. The SMILES string of the molecule is CC(C)/N=c1\scc(CN2CCN(C(=O)CCS(=O)(=O)c3ccc4cc(Cl)ccc4c3)CC2)n1C(C)C.Cl. The monoisotopic (exact) mass is 598 g/mol. The molecule has 208 valence electrons. The molecule has 3 aromatic rings. The van der Waals surface area contributed by atoms with Gasteiger partial charge < -0.3 is 9.47 Å². The molecule has 1 saturated heterocycles. The van der Waals surface area contributed by atoms with E-state index in [1.807, 2.05) is 0 Å². The summed E-state index contributed by atoms with van der Waals surface area (Å²) in [4.78, 5) is 23.0. The van der Waals surface area contributed by atoms with Crippen molar-refractivity contribution in [1.82, 2.24) is 14.4 Å². The summed E-state index contributed by atoms with van der Waals surface area (Å²) in [6, 6.07) is 10.9. The molecule has 0 spiro atoms. The molecular weight excluding hydrogens is 563 g/mol. The molecule has 0 aliphatic carbocycles. The summed E-state index contributed by atoms with van der Waals surface area (Å²) >= 11 is 7.70. The third-order valence-electron chi connectivity index (χ3n) is 6.53. The van der Waals surface area contributed by atoms with Crippen LogP contribution in [0.3, 0.4) is 0 Å². The molecule has 2 aromatic carbocycles. The van der Waals surface area contributed by atoms with Gasteiger partial charge in [0.2, 0.25) is 5.91 Å². The van der Waals surface area contributed by atoms with Crippen LogP contribution in [0.25, 0.3) is 10.8 Å². The summed E-state index contributed by atoms with van der Waals surface area (Å²) < 4.78 is 28.2. The van der Waals surface area contributed by atoms with Crippen LogP contribution in [0.4, 0.5) is 0 Å². The Bertz CT molecular complexity index is 1440. The maximum atomic E-state index is 12.9. The summed E-state index contributed by atoms with van der Waals surface area (Å²) in [6.07, 6.45) is -0.0149. The van der Waals surface area contributed by atoms with Crippen LogP contribution in [0.1, 0.15) is 45.9 Å². The first-order valence-electron chi connectivity index (χ1n) is 12.7. The van der Waals surface area contributed by atoms with Crippen LogP contribution < -0.4 is 4.80 Å². The van der Waals surface area contributed by atoms with Crippen molar-refractivity contribution in [1.29, 1.82) is 0 Å². The van der Waals surface area contributed by atoms with Gasteiger partial charge in [-0.3, -0.25) is 14.7 Å². The Morgan fingerprint density at radius 1 is 1.03 bits per heavy atom. The molecule has 1 aromatic heterocycles. The van der Waals surface area contributed by atoms with Gasteiger partial charge in [0.25, 0.3) is 0 Å². The van der Waals surface area contributed by atoms with E-state index in [-0.39, 0.29) is 41.4 Å². The minimum absolute atomic E-state index is 0. The van der Waals surface area contributed by atoms with Crippen LogP contribution in [0.15, 0.2) is 51.7 Å². The fourth-order valence-electron chi connectivity index (χ4n) is 4.61. The number of benzene rings is 2. The van der Waals surface area contributed by atoms with Crippen LogP contribution in [0, 0.1) is 0 Å². The average molecular weight is 600 g/mol. The van der Waals surface area contributed by atoms with E-state index in [1.54, 1.807) is 52.6 Å². The Morgan fingerprint density at radius 2 is 1.68 bits per heavy atom. The van der Waals surface area contributed by atoms with E-state index >= 15 is 0 Å². The first-order chi connectivity index (χ1) is 17.5. The van der Waals surface area contributed by atoms with Gasteiger partial charge in [0.15, 0.2) is 14.6 Å². The number of halogens is 2. The highest BCUT2D eigenvalue weighted by Crippen LogP contribution is 2.24. The molecule has 0 N–H and O–H groups in total. The van der Waals surface area contributed by atoms with Crippen LogP contribution in [0.2, 0.25) is 5.02 Å². The number of carbonyl (C=O) groups is 1. The van der Waals surface area contributed by atoms with Gasteiger partial charge in [0.1, 0.15) is 0 Å². The summed E-state index contributed by atoms with van der Waals surface area (Å²) in [5.41, 5.74) is 1.24. The van der Waals surface area contributed by atoms with Crippen LogP contribution in [-0.2, 0) is 21.2 Å². The Labute approximate surface area is 240 Å². The van der Waals surface area contributed by atoms with E-state index < -0.39 is 9.84 Å². The van der Waals surface area contributed by atoms with E-state index in [2.05, 4.69) is 42.5 Å². The summed E-state index contributed by atoms with van der Waals surface area (Å²) in [5, 5.41) is 4.48. The number of nitrogens with zero attached hydrogens (tertiary/aromatic N) is 4. The van der Waals surface area contributed by atoms with Crippen molar-refractivity contribution < 1.29 is 13.2 Å². The Hall–Kier alpha value is -1.91. The van der Waals surface area contributed by atoms with Gasteiger partial charge in [-0.2, -0.15) is 0 Å². The summed E-state index contributed by atoms with van der Waals surface area (Å²) in [7, 11) is -3.57. The average Bonchev–Trinajstić information content (AvgIpc) is 3.24. The maximum absolute atomic E-state index is 12.9. The highest BCUT2D eigenvalue weighted by atomic mass is 35.5. The summed E-state index contributed by atoms with van der Waals surface area (Å²) in [5.74, 6) is -0.307. The van der Waals surface area contributed by atoms with Gasteiger partial charge in [-0.15, -0.1) is 23.7 Å². The summed E-state index contributed by atoms with van der Waals surface area (Å²) in [6.45, 7) is 12.1. The molecule has 0 radical (unpaired) electrons. The van der Waals surface area contributed by atoms with E-state index in [4.69, 9.17) is 16.6 Å². The van der Waals surface area contributed by atoms with Gasteiger partial charge >= 0.3 is 0 Å². The van der Waals surface area contributed by atoms with Gasteiger partial charge in [-0.05, 0) is 62.7 Å². The smallest absolute Gasteiger partial charge is 0.223 e.